The fourth-order valence-electron chi connectivity index (χ4n) is 5.71. The summed E-state index contributed by atoms with van der Waals surface area (Å²) in [6.07, 6.45) is 43.0. The van der Waals surface area contributed by atoms with Crippen molar-refractivity contribution in [2.45, 2.75) is 180 Å². The van der Waals surface area contributed by atoms with E-state index in [-0.39, 0.29) is 32.0 Å². The minimum atomic E-state index is -4.38. The fourth-order valence-corrected chi connectivity index (χ4v) is 6.45. The first kappa shape index (κ1) is 53.0. The normalized spacial score (nSPS) is 14.1. The van der Waals surface area contributed by atoms with E-state index < -0.39 is 26.5 Å². The molecule has 0 saturated carbocycles. The molecule has 0 saturated heterocycles. The Labute approximate surface area is 337 Å². The number of quaternary nitrogens is 1. The van der Waals surface area contributed by atoms with Gasteiger partial charge in [-0.15, -0.1) is 0 Å². The van der Waals surface area contributed by atoms with Crippen LogP contribution in [-0.4, -0.2) is 74.9 Å². The minimum absolute atomic E-state index is 0.0231. The lowest BCUT2D eigenvalue weighted by Crippen LogP contribution is -2.37. The van der Waals surface area contributed by atoms with Gasteiger partial charge in [0.25, 0.3) is 0 Å². The Balaban J connectivity index is 4.41. The van der Waals surface area contributed by atoms with Gasteiger partial charge in [0.2, 0.25) is 0 Å². The van der Waals surface area contributed by atoms with E-state index in [0.29, 0.717) is 17.4 Å². The Bertz CT molecular complexity index is 1080. The van der Waals surface area contributed by atoms with Gasteiger partial charge in [-0.25, -0.2) is 4.57 Å². The number of phosphoric acid groups is 1. The van der Waals surface area contributed by atoms with Gasteiger partial charge in [-0.1, -0.05) is 159 Å². The van der Waals surface area contributed by atoms with E-state index in [1.54, 1.807) is 0 Å². The van der Waals surface area contributed by atoms with Crippen molar-refractivity contribution < 1.29 is 42.1 Å². The van der Waals surface area contributed by atoms with Crippen LogP contribution in [-0.2, 0) is 32.7 Å². The molecule has 0 aliphatic carbocycles. The van der Waals surface area contributed by atoms with Crippen LogP contribution in [0.1, 0.15) is 174 Å². The second-order valence-corrected chi connectivity index (χ2v) is 17.2. The Hall–Kier alpha value is -2.03. The van der Waals surface area contributed by atoms with Crippen molar-refractivity contribution in [3.05, 3.63) is 48.6 Å². The van der Waals surface area contributed by atoms with Crippen LogP contribution in [0, 0.1) is 0 Å². The molecular formula is C45H83NO8P+. The summed E-state index contributed by atoms with van der Waals surface area (Å²) in [5.74, 6) is -0.845. The molecule has 1 N–H and O–H groups in total. The van der Waals surface area contributed by atoms with Crippen molar-refractivity contribution in [3.8, 4) is 0 Å². The van der Waals surface area contributed by atoms with E-state index in [4.69, 9.17) is 18.5 Å². The van der Waals surface area contributed by atoms with Gasteiger partial charge in [-0.3, -0.25) is 18.6 Å². The Morgan fingerprint density at radius 2 is 1.04 bits per heavy atom. The number of hydrogen-bond donors (Lipinski definition) is 1. The molecule has 0 aliphatic rings. The molecule has 1 unspecified atom stereocenters. The van der Waals surface area contributed by atoms with E-state index in [1.165, 1.54) is 83.5 Å². The molecule has 2 atom stereocenters. The third kappa shape index (κ3) is 41.4. The van der Waals surface area contributed by atoms with Gasteiger partial charge in [-0.05, 0) is 51.4 Å². The number of ether oxygens (including phenoxy) is 2. The van der Waals surface area contributed by atoms with E-state index in [9.17, 15) is 19.0 Å². The predicted octanol–water partition coefficient (Wildman–Crippen LogP) is 12.3. The van der Waals surface area contributed by atoms with Gasteiger partial charge < -0.3 is 18.9 Å². The molecule has 0 aliphatic heterocycles. The van der Waals surface area contributed by atoms with Crippen LogP contribution in [0.5, 0.6) is 0 Å². The number of phosphoric ester groups is 1. The van der Waals surface area contributed by atoms with Gasteiger partial charge in [-0.2, -0.15) is 0 Å². The van der Waals surface area contributed by atoms with E-state index >= 15 is 0 Å². The average Bonchev–Trinajstić information content (AvgIpc) is 3.13. The van der Waals surface area contributed by atoms with Crippen LogP contribution in [0.25, 0.3) is 0 Å². The van der Waals surface area contributed by atoms with Crippen molar-refractivity contribution >= 4 is 19.8 Å². The first-order valence-electron chi connectivity index (χ1n) is 21.9. The van der Waals surface area contributed by atoms with Crippen LogP contribution in [0.15, 0.2) is 48.6 Å². The number of hydrogen-bond acceptors (Lipinski definition) is 7. The maximum atomic E-state index is 12.7. The Morgan fingerprint density at radius 3 is 1.55 bits per heavy atom. The van der Waals surface area contributed by atoms with Gasteiger partial charge in [0.1, 0.15) is 19.8 Å². The molecule has 0 amide bonds. The highest BCUT2D eigenvalue weighted by Gasteiger charge is 2.27. The second-order valence-electron chi connectivity index (χ2n) is 15.7. The summed E-state index contributed by atoms with van der Waals surface area (Å²) in [4.78, 5) is 35.3. The van der Waals surface area contributed by atoms with E-state index in [1.807, 2.05) is 21.1 Å². The molecule has 0 aromatic rings. The Morgan fingerprint density at radius 1 is 0.582 bits per heavy atom. The topological polar surface area (TPSA) is 108 Å². The molecule has 0 radical (unpaired) electrons. The van der Waals surface area contributed by atoms with Crippen molar-refractivity contribution in [3.63, 3.8) is 0 Å². The lowest BCUT2D eigenvalue weighted by Gasteiger charge is -2.24. The number of rotatable bonds is 39. The van der Waals surface area contributed by atoms with Gasteiger partial charge in [0.15, 0.2) is 6.10 Å². The molecule has 55 heavy (non-hydrogen) atoms. The largest absolute Gasteiger partial charge is 0.472 e. The lowest BCUT2D eigenvalue weighted by atomic mass is 10.0. The molecule has 0 rings (SSSR count). The molecule has 0 heterocycles. The third-order valence-electron chi connectivity index (χ3n) is 9.12. The molecule has 320 valence electrons. The van der Waals surface area contributed by atoms with Gasteiger partial charge >= 0.3 is 19.8 Å². The Kier molecular flexibility index (Phi) is 36.2. The summed E-state index contributed by atoms with van der Waals surface area (Å²) in [5.41, 5.74) is 0. The zero-order valence-corrected chi connectivity index (χ0v) is 36.8. The summed E-state index contributed by atoms with van der Waals surface area (Å²) in [6.45, 7) is 4.26. The summed E-state index contributed by atoms with van der Waals surface area (Å²) >= 11 is 0. The highest BCUT2D eigenvalue weighted by Crippen LogP contribution is 2.43. The monoisotopic (exact) mass is 797 g/mol. The van der Waals surface area contributed by atoms with Crippen LogP contribution in [0.2, 0.25) is 0 Å². The van der Waals surface area contributed by atoms with Gasteiger partial charge in [0, 0.05) is 12.8 Å². The summed E-state index contributed by atoms with van der Waals surface area (Å²) < 4.78 is 34.2. The van der Waals surface area contributed by atoms with E-state index in [0.717, 1.165) is 57.8 Å². The standard InChI is InChI=1S/C45H82NO8P/c1-6-8-10-12-14-16-18-20-22-24-25-27-29-31-33-35-37-44(47)51-41-43(42-53-55(49,50)52-40-39-46(3,4)5)54-45(48)38-36-34-32-30-28-26-23-21-19-17-15-13-11-9-7-2/h9,11,15,17,21,23,28,30,43H,6-8,10,12-14,16,18-20,22,24-27,29,31-42H2,1-5H3/p+1/b11-9+,17-15+,23-21+,30-28+/t43-/m1/s1. The highest BCUT2D eigenvalue weighted by atomic mass is 31.2. The predicted molar refractivity (Wildman–Crippen MR) is 229 cm³/mol. The van der Waals surface area contributed by atoms with Crippen molar-refractivity contribution in [2.75, 3.05) is 47.5 Å². The zero-order valence-electron chi connectivity index (χ0n) is 35.9. The molecule has 0 aromatic carbocycles. The molecule has 0 spiro atoms. The van der Waals surface area contributed by atoms with Crippen LogP contribution in [0.4, 0.5) is 0 Å². The first-order valence-corrected chi connectivity index (χ1v) is 23.4. The zero-order chi connectivity index (χ0) is 40.7. The number of carbonyl (C=O) groups is 2. The maximum absolute atomic E-state index is 12.7. The van der Waals surface area contributed by atoms with Crippen LogP contribution in [0.3, 0.4) is 0 Å². The van der Waals surface area contributed by atoms with E-state index in [2.05, 4.69) is 62.5 Å². The van der Waals surface area contributed by atoms with Gasteiger partial charge in [0.05, 0.1) is 27.7 Å². The molecule has 0 fully saturated rings. The molecule has 9 nitrogen and oxygen atoms in total. The number of carbonyl (C=O) groups excluding carboxylic acids is 2. The highest BCUT2D eigenvalue weighted by molar-refractivity contribution is 7.47. The molecule has 0 aromatic heterocycles. The number of allylic oxidation sites excluding steroid dienone is 8. The third-order valence-corrected chi connectivity index (χ3v) is 10.1. The molecular weight excluding hydrogens is 713 g/mol. The fraction of sp³-hybridized carbons (Fsp3) is 0.778. The maximum Gasteiger partial charge on any atom is 0.472 e. The molecule has 0 bridgehead atoms. The van der Waals surface area contributed by atoms with Crippen molar-refractivity contribution in [1.82, 2.24) is 0 Å². The van der Waals surface area contributed by atoms with Crippen LogP contribution >= 0.6 is 7.82 Å². The number of likely N-dealkylation sites (N-methyl/N-ethyl adjacent to an activating group) is 1. The summed E-state index contributed by atoms with van der Waals surface area (Å²) in [7, 11) is 1.45. The second kappa shape index (κ2) is 37.5. The van der Waals surface area contributed by atoms with Crippen LogP contribution < -0.4 is 0 Å². The number of esters is 2. The van der Waals surface area contributed by atoms with Crippen molar-refractivity contribution in [2.24, 2.45) is 0 Å². The quantitative estimate of drug-likeness (QED) is 0.0215. The first-order chi connectivity index (χ1) is 26.5. The van der Waals surface area contributed by atoms with Crippen molar-refractivity contribution in [1.29, 1.82) is 0 Å². The number of nitrogens with zero attached hydrogens (tertiary/aromatic N) is 1. The lowest BCUT2D eigenvalue weighted by molar-refractivity contribution is -0.870. The average molecular weight is 797 g/mol. The summed E-state index contributed by atoms with van der Waals surface area (Å²) in [6, 6.07) is 0. The number of unbranched alkanes of at least 4 members (excludes halogenated alkanes) is 17. The minimum Gasteiger partial charge on any atom is -0.462 e. The summed E-state index contributed by atoms with van der Waals surface area (Å²) in [5, 5.41) is 0. The SMILES string of the molecule is CC/C=C/C/C=C/C/C=C/C/C=C/CCCCC(=O)O[C@H](COC(=O)CCCCCCCCCCCCCCCCCC)COP(=O)(O)OCC[N+](C)(C)C. The molecule has 10 heteroatoms. The smallest absolute Gasteiger partial charge is 0.462 e.